The van der Waals surface area contributed by atoms with Crippen molar-refractivity contribution in [2.45, 2.75) is 38.7 Å². The lowest BCUT2D eigenvalue weighted by Gasteiger charge is -2.26. The zero-order valence-electron chi connectivity index (χ0n) is 11.1. The summed E-state index contributed by atoms with van der Waals surface area (Å²) in [6.07, 6.45) is 5.50. The van der Waals surface area contributed by atoms with Gasteiger partial charge in [-0.15, -0.1) is 0 Å². The number of fused-ring (bicyclic) bond motifs is 1. The normalized spacial score (nSPS) is 23.7. The topological polar surface area (TPSA) is 75.3 Å². The molecule has 102 valence electrons. The lowest BCUT2D eigenvalue weighted by molar-refractivity contribution is 0.104. The molecule has 0 radical (unpaired) electrons. The van der Waals surface area contributed by atoms with Crippen LogP contribution in [0.25, 0.3) is 5.78 Å². The summed E-state index contributed by atoms with van der Waals surface area (Å²) in [7, 11) is 0. The van der Waals surface area contributed by atoms with Gasteiger partial charge in [-0.05, 0) is 32.1 Å². The van der Waals surface area contributed by atoms with E-state index < -0.39 is 0 Å². The fraction of sp³-hybridized carbons (Fsp3) is 0.615. The Morgan fingerprint density at radius 1 is 1.47 bits per heavy atom. The van der Waals surface area contributed by atoms with Crippen LogP contribution in [0.1, 0.15) is 31.4 Å². The number of rotatable bonds is 3. The van der Waals surface area contributed by atoms with Gasteiger partial charge in [0.1, 0.15) is 12.1 Å². The highest BCUT2D eigenvalue weighted by atomic mass is 16.3. The molecule has 2 N–H and O–H groups in total. The maximum Gasteiger partial charge on any atom is 0.254 e. The van der Waals surface area contributed by atoms with E-state index in [-0.39, 0.29) is 6.10 Å². The molecule has 0 bridgehead atoms. The van der Waals surface area contributed by atoms with Gasteiger partial charge in [0, 0.05) is 18.3 Å². The van der Waals surface area contributed by atoms with Gasteiger partial charge in [0.25, 0.3) is 5.78 Å². The summed E-state index contributed by atoms with van der Waals surface area (Å²) in [5, 5.41) is 17.3. The molecule has 2 aromatic rings. The van der Waals surface area contributed by atoms with Gasteiger partial charge in [-0.1, -0.05) is 6.42 Å². The van der Waals surface area contributed by atoms with Crippen molar-refractivity contribution in [2.75, 3.05) is 11.9 Å². The first-order valence-electron chi connectivity index (χ1n) is 6.81. The average molecular weight is 261 g/mol. The lowest BCUT2D eigenvalue weighted by Crippen LogP contribution is -2.25. The van der Waals surface area contributed by atoms with Crippen molar-refractivity contribution in [2.24, 2.45) is 5.92 Å². The summed E-state index contributed by atoms with van der Waals surface area (Å²) in [5.41, 5.74) is 0.923. The molecule has 2 aromatic heterocycles. The van der Waals surface area contributed by atoms with Crippen LogP contribution in [-0.4, -0.2) is 37.3 Å². The van der Waals surface area contributed by atoms with E-state index in [0.717, 1.165) is 37.3 Å². The molecule has 1 saturated carbocycles. The smallest absolute Gasteiger partial charge is 0.254 e. The van der Waals surface area contributed by atoms with E-state index in [4.69, 9.17) is 0 Å². The van der Waals surface area contributed by atoms with E-state index in [2.05, 4.69) is 20.4 Å². The molecule has 1 aliphatic carbocycles. The number of aromatic nitrogens is 4. The average Bonchev–Trinajstić information content (AvgIpc) is 2.84. The van der Waals surface area contributed by atoms with Crippen LogP contribution in [0.5, 0.6) is 0 Å². The second kappa shape index (κ2) is 5.13. The van der Waals surface area contributed by atoms with Crippen LogP contribution < -0.4 is 5.32 Å². The minimum absolute atomic E-state index is 0.133. The van der Waals surface area contributed by atoms with Crippen molar-refractivity contribution < 1.29 is 5.11 Å². The highest BCUT2D eigenvalue weighted by Crippen LogP contribution is 2.24. The summed E-state index contributed by atoms with van der Waals surface area (Å²) in [6, 6.07) is 1.97. The van der Waals surface area contributed by atoms with Crippen molar-refractivity contribution in [3.05, 3.63) is 18.1 Å². The first kappa shape index (κ1) is 12.3. The number of aryl methyl sites for hydroxylation is 1. The number of nitrogens with zero attached hydrogens (tertiary/aromatic N) is 4. The van der Waals surface area contributed by atoms with E-state index in [1.165, 1.54) is 12.7 Å². The zero-order chi connectivity index (χ0) is 13.2. The number of nitrogens with one attached hydrogen (secondary N) is 1. The van der Waals surface area contributed by atoms with Gasteiger partial charge in [0.2, 0.25) is 0 Å². The molecule has 2 heterocycles. The number of aliphatic hydroxyl groups is 1. The predicted octanol–water partition coefficient (Wildman–Crippen LogP) is 1.40. The quantitative estimate of drug-likeness (QED) is 0.873. The molecule has 3 rings (SSSR count). The summed E-state index contributed by atoms with van der Waals surface area (Å²) in [5.74, 6) is 2.06. The maximum absolute atomic E-state index is 9.69. The molecule has 0 amide bonds. The van der Waals surface area contributed by atoms with E-state index in [1.807, 2.05) is 13.0 Å². The Kier molecular flexibility index (Phi) is 3.33. The number of hydrogen-bond donors (Lipinski definition) is 2. The predicted molar refractivity (Wildman–Crippen MR) is 72.0 cm³/mol. The standard InChI is InChI=1S/C13H19N5O/c1-9-5-12(18-13(17-9)15-8-16-18)14-7-10-3-2-4-11(19)6-10/h5,8,10-11,14,19H,2-4,6-7H2,1H3. The Hall–Kier alpha value is -1.69. The molecule has 6 nitrogen and oxygen atoms in total. The second-order valence-corrected chi connectivity index (χ2v) is 5.32. The minimum Gasteiger partial charge on any atom is -0.393 e. The van der Waals surface area contributed by atoms with Crippen LogP contribution in [0.2, 0.25) is 0 Å². The molecule has 2 unspecified atom stereocenters. The fourth-order valence-electron chi connectivity index (χ4n) is 2.75. The van der Waals surface area contributed by atoms with Crippen molar-refractivity contribution in [3.63, 3.8) is 0 Å². The van der Waals surface area contributed by atoms with Crippen LogP contribution in [0.3, 0.4) is 0 Å². The zero-order valence-corrected chi connectivity index (χ0v) is 11.1. The number of anilines is 1. The molecular formula is C13H19N5O. The third-order valence-electron chi connectivity index (χ3n) is 3.71. The molecule has 1 fully saturated rings. The highest BCUT2D eigenvalue weighted by molar-refractivity contribution is 5.44. The largest absolute Gasteiger partial charge is 0.393 e. The molecule has 19 heavy (non-hydrogen) atoms. The fourth-order valence-corrected chi connectivity index (χ4v) is 2.75. The summed E-state index contributed by atoms with van der Waals surface area (Å²) in [6.45, 7) is 2.81. The third-order valence-corrected chi connectivity index (χ3v) is 3.71. The SMILES string of the molecule is Cc1cc(NCC2CCCC(O)C2)n2ncnc2n1. The summed E-state index contributed by atoms with van der Waals surface area (Å²) in [4.78, 5) is 8.42. The van der Waals surface area contributed by atoms with E-state index in [1.54, 1.807) is 4.52 Å². The van der Waals surface area contributed by atoms with Crippen molar-refractivity contribution in [3.8, 4) is 0 Å². The highest BCUT2D eigenvalue weighted by Gasteiger charge is 2.20. The second-order valence-electron chi connectivity index (χ2n) is 5.32. The summed E-state index contributed by atoms with van der Waals surface area (Å²) >= 11 is 0. The van der Waals surface area contributed by atoms with E-state index in [9.17, 15) is 5.11 Å². The Balaban J connectivity index is 1.72. The van der Waals surface area contributed by atoms with Crippen LogP contribution >= 0.6 is 0 Å². The lowest BCUT2D eigenvalue weighted by atomic mass is 9.87. The molecular weight excluding hydrogens is 242 g/mol. The monoisotopic (exact) mass is 261 g/mol. The first-order valence-corrected chi connectivity index (χ1v) is 6.81. The Morgan fingerprint density at radius 3 is 3.21 bits per heavy atom. The number of hydrogen-bond acceptors (Lipinski definition) is 5. The van der Waals surface area contributed by atoms with E-state index >= 15 is 0 Å². The third kappa shape index (κ3) is 2.68. The van der Waals surface area contributed by atoms with Crippen LogP contribution in [0, 0.1) is 12.8 Å². The summed E-state index contributed by atoms with van der Waals surface area (Å²) < 4.78 is 1.71. The van der Waals surface area contributed by atoms with Gasteiger partial charge in [-0.25, -0.2) is 4.98 Å². The molecule has 6 heteroatoms. The van der Waals surface area contributed by atoms with Crippen molar-refractivity contribution >= 4 is 11.6 Å². The molecule has 0 saturated heterocycles. The van der Waals surface area contributed by atoms with Gasteiger partial charge < -0.3 is 10.4 Å². The van der Waals surface area contributed by atoms with Crippen LogP contribution in [0.4, 0.5) is 5.82 Å². The Bertz CT molecular complexity index is 567. The van der Waals surface area contributed by atoms with Gasteiger partial charge in [-0.2, -0.15) is 14.6 Å². The maximum atomic E-state index is 9.69. The van der Waals surface area contributed by atoms with Gasteiger partial charge in [-0.3, -0.25) is 0 Å². The molecule has 0 spiro atoms. The molecule has 2 atom stereocenters. The van der Waals surface area contributed by atoms with Crippen LogP contribution in [-0.2, 0) is 0 Å². The first-order chi connectivity index (χ1) is 9.22. The molecule has 1 aliphatic rings. The number of aliphatic hydroxyl groups excluding tert-OH is 1. The van der Waals surface area contributed by atoms with Crippen molar-refractivity contribution in [1.29, 1.82) is 0 Å². The van der Waals surface area contributed by atoms with Gasteiger partial charge in [0.05, 0.1) is 6.10 Å². The van der Waals surface area contributed by atoms with Crippen molar-refractivity contribution in [1.82, 2.24) is 19.6 Å². The Morgan fingerprint density at radius 2 is 2.37 bits per heavy atom. The molecule has 0 aliphatic heterocycles. The van der Waals surface area contributed by atoms with Gasteiger partial charge in [0.15, 0.2) is 0 Å². The van der Waals surface area contributed by atoms with Gasteiger partial charge >= 0.3 is 0 Å². The Labute approximate surface area is 111 Å². The van der Waals surface area contributed by atoms with E-state index in [0.29, 0.717) is 11.7 Å². The molecule has 0 aromatic carbocycles. The minimum atomic E-state index is -0.133. The van der Waals surface area contributed by atoms with Crippen LogP contribution in [0.15, 0.2) is 12.4 Å².